The first kappa shape index (κ1) is 20.8. The molecule has 0 aliphatic heterocycles. The van der Waals surface area contributed by atoms with Crippen molar-refractivity contribution in [3.05, 3.63) is 52.8 Å². The number of hydrogen-bond acceptors (Lipinski definition) is 8. The summed E-state index contributed by atoms with van der Waals surface area (Å²) < 4.78 is 0. The Morgan fingerprint density at radius 2 is 1.87 bits per heavy atom. The van der Waals surface area contributed by atoms with Gasteiger partial charge in [-0.2, -0.15) is 0 Å². The van der Waals surface area contributed by atoms with E-state index in [2.05, 4.69) is 6.58 Å². The number of phenols is 1. The molecule has 1 fully saturated rings. The van der Waals surface area contributed by atoms with Gasteiger partial charge in [-0.05, 0) is 37.7 Å². The minimum Gasteiger partial charge on any atom is -0.508 e. The second-order valence-corrected chi connectivity index (χ2v) is 8.34. The molecule has 0 radical (unpaired) electrons. The summed E-state index contributed by atoms with van der Waals surface area (Å²) in [6, 6.07) is 3.40. The highest BCUT2D eigenvalue weighted by Crippen LogP contribution is 2.55. The number of likely N-dealkylation sites (N-methyl/N-ethyl adjacent to an activating group) is 1. The van der Waals surface area contributed by atoms with E-state index in [1.54, 1.807) is 26.2 Å². The van der Waals surface area contributed by atoms with E-state index in [0.29, 0.717) is 11.1 Å². The summed E-state index contributed by atoms with van der Waals surface area (Å²) >= 11 is 0. The lowest BCUT2D eigenvalue weighted by Gasteiger charge is -2.50. The smallest absolute Gasteiger partial charge is 0.255 e. The molecule has 162 valence electrons. The number of nitrogens with zero attached hydrogens (tertiary/aromatic N) is 1. The largest absolute Gasteiger partial charge is 0.508 e. The Bertz CT molecular complexity index is 1150. The summed E-state index contributed by atoms with van der Waals surface area (Å²) in [7, 11) is 3.08. The number of Topliss-reactive ketones (excluding diaryl/α,β-unsaturated/α-hetero) is 2. The van der Waals surface area contributed by atoms with Gasteiger partial charge in [0.05, 0.1) is 11.6 Å². The number of fused-ring (bicyclic) bond motifs is 3. The maximum Gasteiger partial charge on any atom is 0.255 e. The lowest BCUT2D eigenvalue weighted by atomic mass is 9.56. The van der Waals surface area contributed by atoms with Crippen molar-refractivity contribution in [1.82, 2.24) is 4.90 Å². The molecule has 1 amide bonds. The summed E-state index contributed by atoms with van der Waals surface area (Å²) in [6.07, 6.45) is -0.0275. The van der Waals surface area contributed by atoms with Gasteiger partial charge in [-0.15, -0.1) is 0 Å². The van der Waals surface area contributed by atoms with Crippen LogP contribution in [0.25, 0.3) is 11.3 Å². The number of ketones is 2. The van der Waals surface area contributed by atoms with Crippen LogP contribution in [0.2, 0.25) is 0 Å². The van der Waals surface area contributed by atoms with Crippen LogP contribution in [0.3, 0.4) is 0 Å². The minimum atomic E-state index is -2.66. The molecule has 0 bridgehead atoms. The van der Waals surface area contributed by atoms with Gasteiger partial charge in [0.2, 0.25) is 5.78 Å². The third-order valence-corrected chi connectivity index (χ3v) is 6.56. The number of amides is 1. The molecule has 0 aromatic heterocycles. The van der Waals surface area contributed by atoms with Crippen LogP contribution >= 0.6 is 0 Å². The van der Waals surface area contributed by atoms with Gasteiger partial charge in [0.25, 0.3) is 5.91 Å². The van der Waals surface area contributed by atoms with Crippen molar-refractivity contribution in [3.8, 4) is 5.75 Å². The molecule has 0 saturated heterocycles. The highest BCUT2D eigenvalue weighted by molar-refractivity contribution is 6.25. The van der Waals surface area contributed by atoms with Gasteiger partial charge < -0.3 is 26.2 Å². The molecule has 1 aromatic carbocycles. The number of benzene rings is 1. The molecule has 0 heterocycles. The number of primary amides is 1. The van der Waals surface area contributed by atoms with Gasteiger partial charge in [-0.1, -0.05) is 18.7 Å². The Kier molecular flexibility index (Phi) is 4.39. The number of aliphatic hydroxyl groups excluding tert-OH is 2. The number of carbonyl (C=O) groups excluding carboxylic acids is 3. The Labute approximate surface area is 177 Å². The van der Waals surface area contributed by atoms with Crippen molar-refractivity contribution in [2.45, 2.75) is 18.1 Å². The van der Waals surface area contributed by atoms with Gasteiger partial charge in [-0.25, -0.2) is 0 Å². The molecule has 4 rings (SSSR count). The van der Waals surface area contributed by atoms with Crippen molar-refractivity contribution in [3.63, 3.8) is 0 Å². The molecule has 9 heteroatoms. The van der Waals surface area contributed by atoms with Gasteiger partial charge in [0.15, 0.2) is 11.4 Å². The van der Waals surface area contributed by atoms with Gasteiger partial charge in [0.1, 0.15) is 22.8 Å². The number of phenolic OH excluding ortho intramolecular Hbond substituents is 1. The molecule has 3 aliphatic carbocycles. The number of carbonyl (C=O) groups is 3. The second-order valence-electron chi connectivity index (χ2n) is 8.34. The van der Waals surface area contributed by atoms with E-state index in [1.165, 1.54) is 11.0 Å². The van der Waals surface area contributed by atoms with Crippen molar-refractivity contribution in [2.24, 2.45) is 17.6 Å². The highest BCUT2D eigenvalue weighted by Gasteiger charge is 2.64. The number of rotatable bonds is 2. The third-order valence-electron chi connectivity index (χ3n) is 6.56. The molecule has 4 atom stereocenters. The fourth-order valence-electron chi connectivity index (χ4n) is 5.15. The summed E-state index contributed by atoms with van der Waals surface area (Å²) in [6.45, 7) is 4.02. The number of hydrogen-bond donors (Lipinski definition) is 5. The summed E-state index contributed by atoms with van der Waals surface area (Å²) in [5, 5.41) is 43.3. The van der Waals surface area contributed by atoms with Crippen LogP contribution < -0.4 is 5.73 Å². The maximum atomic E-state index is 13.6. The number of aromatic hydroxyl groups is 1. The third kappa shape index (κ3) is 2.47. The molecule has 9 nitrogen and oxygen atoms in total. The van der Waals surface area contributed by atoms with Crippen LogP contribution in [0.4, 0.5) is 0 Å². The summed E-state index contributed by atoms with van der Waals surface area (Å²) in [4.78, 5) is 39.9. The van der Waals surface area contributed by atoms with Crippen LogP contribution in [0.15, 0.2) is 41.7 Å². The van der Waals surface area contributed by atoms with E-state index in [4.69, 9.17) is 5.73 Å². The molecule has 1 saturated carbocycles. The maximum absolute atomic E-state index is 13.6. The van der Waals surface area contributed by atoms with Crippen molar-refractivity contribution >= 4 is 28.8 Å². The monoisotopic (exact) mass is 426 g/mol. The van der Waals surface area contributed by atoms with Crippen molar-refractivity contribution < 1.29 is 34.8 Å². The van der Waals surface area contributed by atoms with E-state index in [9.17, 15) is 34.8 Å². The molecule has 1 aromatic rings. The van der Waals surface area contributed by atoms with Crippen LogP contribution in [-0.2, 0) is 14.4 Å². The molecular weight excluding hydrogens is 404 g/mol. The second kappa shape index (κ2) is 6.53. The topological polar surface area (TPSA) is 161 Å². The van der Waals surface area contributed by atoms with E-state index in [-0.39, 0.29) is 23.3 Å². The summed E-state index contributed by atoms with van der Waals surface area (Å²) in [5.41, 5.74) is 2.37. The van der Waals surface area contributed by atoms with Crippen LogP contribution in [0.1, 0.15) is 17.5 Å². The van der Waals surface area contributed by atoms with Crippen molar-refractivity contribution in [1.29, 1.82) is 0 Å². The number of aliphatic hydroxyl groups is 3. The Hall–Kier alpha value is -3.43. The predicted octanol–water partition coefficient (Wildman–Crippen LogP) is 0.435. The molecule has 3 aliphatic rings. The first-order valence-corrected chi connectivity index (χ1v) is 9.60. The zero-order valence-electron chi connectivity index (χ0n) is 16.9. The first-order chi connectivity index (χ1) is 14.4. The average molecular weight is 426 g/mol. The van der Waals surface area contributed by atoms with Crippen LogP contribution in [0.5, 0.6) is 5.75 Å². The standard InChI is InChI=1S/C22H22N2O7/c1-8-9-5-4-6-12(25)13(9)17(26)14-10(8)7-11-16(24(2)3)18(27)15(21(23)30)20(29)22(11,31)19(14)28/h4-6,10-11,16,25-26,29,31H,1,7H2,2-3H3,(H2,23,30)/t10?,11?,16-,22-/m0/s1. The quantitative estimate of drug-likeness (QED) is 0.426. The van der Waals surface area contributed by atoms with Gasteiger partial charge in [-0.3, -0.25) is 19.3 Å². The molecule has 31 heavy (non-hydrogen) atoms. The van der Waals surface area contributed by atoms with E-state index in [1.807, 2.05) is 0 Å². The lowest BCUT2D eigenvalue weighted by Crippen LogP contribution is -2.65. The predicted molar refractivity (Wildman–Crippen MR) is 110 cm³/mol. The van der Waals surface area contributed by atoms with Crippen molar-refractivity contribution in [2.75, 3.05) is 14.1 Å². The zero-order chi connectivity index (χ0) is 23.0. The Balaban J connectivity index is 2.03. The molecule has 2 unspecified atom stereocenters. The van der Waals surface area contributed by atoms with Gasteiger partial charge >= 0.3 is 0 Å². The first-order valence-electron chi connectivity index (χ1n) is 9.60. The normalized spacial score (nSPS) is 30.3. The summed E-state index contributed by atoms with van der Waals surface area (Å²) in [5.74, 6) is -7.00. The number of nitrogens with two attached hydrogens (primary N) is 1. The van der Waals surface area contributed by atoms with Crippen LogP contribution in [0, 0.1) is 11.8 Å². The molecular formula is C22H22N2O7. The Morgan fingerprint density at radius 1 is 1.23 bits per heavy atom. The lowest BCUT2D eigenvalue weighted by molar-refractivity contribution is -0.152. The number of allylic oxidation sites excluding steroid dienone is 1. The van der Waals surface area contributed by atoms with Crippen LogP contribution in [-0.4, -0.2) is 68.5 Å². The fourth-order valence-corrected chi connectivity index (χ4v) is 5.15. The van der Waals surface area contributed by atoms with E-state index >= 15 is 0 Å². The average Bonchev–Trinajstić information content (AvgIpc) is 2.68. The van der Waals surface area contributed by atoms with Gasteiger partial charge in [0, 0.05) is 17.4 Å². The highest BCUT2D eigenvalue weighted by atomic mass is 16.3. The molecule has 6 N–H and O–H groups in total. The fraction of sp³-hybridized carbons (Fsp3) is 0.318. The zero-order valence-corrected chi connectivity index (χ0v) is 16.9. The SMILES string of the molecule is C=C1c2cccc(O)c2C(O)=C2C(=O)[C@]3(O)C(O)=C(C(N)=O)C(=O)[C@@H](N(C)C)C3CC12. The minimum absolute atomic E-state index is 0.0104. The van der Waals surface area contributed by atoms with E-state index < -0.39 is 58.0 Å². The van der Waals surface area contributed by atoms with E-state index in [0.717, 1.165) is 0 Å². The molecule has 0 spiro atoms. The Morgan fingerprint density at radius 3 is 2.45 bits per heavy atom.